The Labute approximate surface area is 173 Å². The first-order chi connectivity index (χ1) is 14.4. The minimum Gasteiger partial charge on any atom is -0.465 e. The van der Waals surface area contributed by atoms with Gasteiger partial charge in [0.1, 0.15) is 11.9 Å². The number of nitrogens with zero attached hydrogens (tertiary/aromatic N) is 3. The highest BCUT2D eigenvalue weighted by molar-refractivity contribution is 6.14. The fraction of sp³-hybridized carbons (Fsp3) is 0.364. The van der Waals surface area contributed by atoms with Gasteiger partial charge in [0.05, 0.1) is 6.04 Å². The number of halogens is 2. The molecule has 0 saturated carbocycles. The number of nitrogens with one attached hydrogen (secondary N) is 1. The quantitative estimate of drug-likeness (QED) is 0.804. The number of amides is 1. The van der Waals surface area contributed by atoms with E-state index >= 15 is 0 Å². The van der Waals surface area contributed by atoms with Crippen LogP contribution in [0.25, 0.3) is 0 Å². The molecule has 0 aromatic heterocycles. The molecule has 30 heavy (non-hydrogen) atoms. The molecule has 2 atom stereocenters. The number of hydrogen-bond acceptors (Lipinski definition) is 4. The highest BCUT2D eigenvalue weighted by Crippen LogP contribution is 2.34. The van der Waals surface area contributed by atoms with E-state index in [9.17, 15) is 18.7 Å². The fourth-order valence-electron chi connectivity index (χ4n) is 4.26. The molecule has 2 N–H and O–H groups in total. The van der Waals surface area contributed by atoms with Crippen LogP contribution in [0.15, 0.2) is 41.5 Å². The van der Waals surface area contributed by atoms with Crippen LogP contribution >= 0.6 is 0 Å². The van der Waals surface area contributed by atoms with Crippen molar-refractivity contribution < 1.29 is 18.7 Å². The number of carboxylic acid groups (broad SMARTS) is 1. The largest absolute Gasteiger partial charge is 0.465 e. The van der Waals surface area contributed by atoms with Crippen molar-refractivity contribution in [3.63, 3.8) is 0 Å². The van der Waals surface area contributed by atoms with Crippen molar-refractivity contribution in [2.75, 3.05) is 20.1 Å². The van der Waals surface area contributed by atoms with E-state index in [1.807, 2.05) is 7.05 Å². The molecule has 2 aliphatic heterocycles. The average molecular weight is 414 g/mol. The summed E-state index contributed by atoms with van der Waals surface area (Å²) in [7, 11) is 2.00. The summed E-state index contributed by atoms with van der Waals surface area (Å²) in [5, 5.41) is 18.4. The number of likely N-dealkylation sites (N-methyl/N-ethyl adjacent to an activating group) is 1. The minimum atomic E-state index is -1.17. The molecule has 158 valence electrons. The number of piperidine rings is 1. The Bertz CT molecular complexity index is 1010. The second kappa shape index (κ2) is 8.02. The van der Waals surface area contributed by atoms with Gasteiger partial charge in [-0.1, -0.05) is 30.3 Å². The van der Waals surface area contributed by atoms with Gasteiger partial charge >= 0.3 is 6.09 Å². The van der Waals surface area contributed by atoms with Crippen LogP contribution in [-0.2, 0) is 0 Å². The minimum absolute atomic E-state index is 0.0634. The molecule has 0 spiro atoms. The van der Waals surface area contributed by atoms with Crippen LogP contribution in [0.2, 0.25) is 0 Å². The first-order valence-corrected chi connectivity index (χ1v) is 9.96. The molecule has 4 rings (SSSR count). The molecule has 1 amide bonds. The van der Waals surface area contributed by atoms with E-state index in [0.29, 0.717) is 23.4 Å². The summed E-state index contributed by atoms with van der Waals surface area (Å²) in [5.41, 5.74) is 1.83. The van der Waals surface area contributed by atoms with E-state index in [1.165, 1.54) is 19.1 Å². The smallest absolute Gasteiger partial charge is 0.406 e. The first-order valence-electron chi connectivity index (χ1n) is 9.96. The fourth-order valence-corrected chi connectivity index (χ4v) is 4.26. The zero-order chi connectivity index (χ0) is 21.4. The van der Waals surface area contributed by atoms with Gasteiger partial charge in [-0.25, -0.2) is 13.6 Å². The zero-order valence-corrected chi connectivity index (χ0v) is 16.9. The standard InChI is InChI=1S/C22H24F2N4O2/c1-13-9-10-17(19(24)18(13)23)20-15-7-3-4-8-16(15)21(25-22(29)30)28(26-20)14-6-5-11-27(2)12-14/h3-4,7-10,14,21,25H,5-6,11-12H2,1-2H3,(H,29,30)/t14-,21?/m1/s1. The van der Waals surface area contributed by atoms with Gasteiger partial charge in [0, 0.05) is 23.2 Å². The molecule has 2 heterocycles. The average Bonchev–Trinajstić information content (AvgIpc) is 2.72. The monoisotopic (exact) mass is 414 g/mol. The summed E-state index contributed by atoms with van der Waals surface area (Å²) in [6.45, 7) is 3.16. The maximum Gasteiger partial charge on any atom is 0.406 e. The summed E-state index contributed by atoms with van der Waals surface area (Å²) in [5.74, 6) is -1.85. The maximum absolute atomic E-state index is 14.9. The van der Waals surface area contributed by atoms with Crippen LogP contribution < -0.4 is 5.32 Å². The topological polar surface area (TPSA) is 68.2 Å². The molecular formula is C22H24F2N4O2. The molecule has 8 heteroatoms. The van der Waals surface area contributed by atoms with Gasteiger partial charge in [-0.15, -0.1) is 0 Å². The third kappa shape index (κ3) is 3.63. The van der Waals surface area contributed by atoms with Gasteiger partial charge in [0.25, 0.3) is 0 Å². The van der Waals surface area contributed by atoms with Crippen molar-refractivity contribution in [2.45, 2.75) is 32.0 Å². The van der Waals surface area contributed by atoms with Crippen LogP contribution in [0.4, 0.5) is 13.6 Å². The normalized spacial score (nSPS) is 21.7. The molecule has 2 aromatic carbocycles. The number of aryl methyl sites for hydroxylation is 1. The molecule has 1 fully saturated rings. The Morgan fingerprint density at radius 1 is 1.17 bits per heavy atom. The van der Waals surface area contributed by atoms with Crippen molar-refractivity contribution in [3.8, 4) is 0 Å². The second-order valence-electron chi connectivity index (χ2n) is 7.88. The molecule has 6 nitrogen and oxygen atoms in total. The molecule has 2 aromatic rings. The van der Waals surface area contributed by atoms with E-state index in [1.54, 1.807) is 29.3 Å². The summed E-state index contributed by atoms with van der Waals surface area (Å²) >= 11 is 0. The molecule has 0 radical (unpaired) electrons. The second-order valence-corrected chi connectivity index (χ2v) is 7.88. The molecule has 0 bridgehead atoms. The molecule has 1 saturated heterocycles. The third-order valence-electron chi connectivity index (χ3n) is 5.75. The number of fused-ring (bicyclic) bond motifs is 1. The lowest BCUT2D eigenvalue weighted by Gasteiger charge is -2.43. The Morgan fingerprint density at radius 2 is 1.93 bits per heavy atom. The van der Waals surface area contributed by atoms with Crippen molar-refractivity contribution in [3.05, 3.63) is 70.3 Å². The van der Waals surface area contributed by atoms with Gasteiger partial charge < -0.3 is 10.0 Å². The van der Waals surface area contributed by atoms with E-state index in [0.717, 1.165) is 19.4 Å². The Kier molecular flexibility index (Phi) is 5.42. The third-order valence-corrected chi connectivity index (χ3v) is 5.75. The summed E-state index contributed by atoms with van der Waals surface area (Å²) in [6, 6.07) is 10.1. The van der Waals surface area contributed by atoms with Gasteiger partial charge in [-0.3, -0.25) is 10.3 Å². The molecular weight excluding hydrogens is 390 g/mol. The van der Waals surface area contributed by atoms with Crippen molar-refractivity contribution in [2.24, 2.45) is 5.10 Å². The van der Waals surface area contributed by atoms with Gasteiger partial charge in [0.2, 0.25) is 0 Å². The van der Waals surface area contributed by atoms with Crippen LogP contribution in [0.5, 0.6) is 0 Å². The first kappa shape index (κ1) is 20.3. The van der Waals surface area contributed by atoms with Gasteiger partial charge in [-0.05, 0) is 45.0 Å². The van der Waals surface area contributed by atoms with Crippen LogP contribution in [-0.4, -0.2) is 53.0 Å². The lowest BCUT2D eigenvalue weighted by atomic mass is 9.92. The Morgan fingerprint density at radius 3 is 2.67 bits per heavy atom. The maximum atomic E-state index is 14.9. The number of likely N-dealkylation sites (tertiary alicyclic amines) is 1. The number of rotatable bonds is 3. The molecule has 1 unspecified atom stereocenters. The number of hydrogen-bond donors (Lipinski definition) is 2. The zero-order valence-electron chi connectivity index (χ0n) is 16.9. The van der Waals surface area contributed by atoms with Crippen LogP contribution in [0.1, 0.15) is 41.3 Å². The van der Waals surface area contributed by atoms with E-state index in [4.69, 9.17) is 5.10 Å². The van der Waals surface area contributed by atoms with Crippen molar-refractivity contribution in [1.29, 1.82) is 0 Å². The predicted octanol–water partition coefficient (Wildman–Crippen LogP) is 3.70. The van der Waals surface area contributed by atoms with Crippen molar-refractivity contribution in [1.82, 2.24) is 15.2 Å². The van der Waals surface area contributed by atoms with E-state index < -0.39 is 23.9 Å². The van der Waals surface area contributed by atoms with E-state index in [2.05, 4.69) is 10.2 Å². The molecule has 2 aliphatic rings. The number of carbonyl (C=O) groups is 1. The lowest BCUT2D eigenvalue weighted by molar-refractivity contribution is 0.0587. The summed E-state index contributed by atoms with van der Waals surface area (Å²) in [4.78, 5) is 13.7. The van der Waals surface area contributed by atoms with Crippen LogP contribution in [0.3, 0.4) is 0 Å². The van der Waals surface area contributed by atoms with Crippen LogP contribution in [0, 0.1) is 18.6 Å². The SMILES string of the molecule is Cc1ccc(C2=NN([C@@H]3CCCN(C)C3)C(NC(=O)O)c3ccccc32)c(F)c1F. The highest BCUT2D eigenvalue weighted by Gasteiger charge is 2.36. The van der Waals surface area contributed by atoms with Gasteiger partial charge in [-0.2, -0.15) is 5.10 Å². The van der Waals surface area contributed by atoms with Gasteiger partial charge in [0.15, 0.2) is 11.6 Å². The molecule has 0 aliphatic carbocycles. The number of benzene rings is 2. The summed E-state index contributed by atoms with van der Waals surface area (Å²) in [6.07, 6.45) is -0.115. The van der Waals surface area contributed by atoms with Crippen molar-refractivity contribution >= 4 is 11.8 Å². The Balaban J connectivity index is 1.88. The number of hydrazone groups is 1. The predicted molar refractivity (Wildman–Crippen MR) is 109 cm³/mol. The van der Waals surface area contributed by atoms with E-state index in [-0.39, 0.29) is 17.2 Å². The highest BCUT2D eigenvalue weighted by atomic mass is 19.2. The Hall–Kier alpha value is -3.00. The lowest BCUT2D eigenvalue weighted by Crippen LogP contribution is -2.51. The summed E-state index contributed by atoms with van der Waals surface area (Å²) < 4.78 is 29.2.